The van der Waals surface area contributed by atoms with Crippen molar-refractivity contribution in [3.8, 4) is 11.5 Å². The molecule has 2 aromatic rings. The molecule has 0 N–H and O–H groups in total. The van der Waals surface area contributed by atoms with Crippen molar-refractivity contribution < 1.29 is 9.47 Å². The average molecular weight is 773 g/mol. The van der Waals surface area contributed by atoms with Crippen molar-refractivity contribution >= 4 is 12.4 Å². The Labute approximate surface area is 347 Å². The Morgan fingerprint density at radius 1 is 0.321 bits per heavy atom. The largest absolute Gasteiger partial charge is 0.494 e. The van der Waals surface area contributed by atoms with Gasteiger partial charge in [-0.2, -0.15) is 0 Å². The molecule has 0 aliphatic heterocycles. The molecule has 2 aromatic carbocycles. The van der Waals surface area contributed by atoms with Crippen molar-refractivity contribution in [1.29, 1.82) is 0 Å². The lowest BCUT2D eigenvalue weighted by Gasteiger charge is -2.07. The Morgan fingerprint density at radius 2 is 0.571 bits per heavy atom. The highest BCUT2D eigenvalue weighted by atomic mass is 16.5. The van der Waals surface area contributed by atoms with Crippen molar-refractivity contribution in [3.05, 3.63) is 59.7 Å². The zero-order valence-electron chi connectivity index (χ0n) is 36.9. The molecule has 0 unspecified atom stereocenters. The quantitative estimate of drug-likeness (QED) is 0.0499. The van der Waals surface area contributed by atoms with Gasteiger partial charge in [-0.25, -0.2) is 0 Å². The summed E-state index contributed by atoms with van der Waals surface area (Å²) >= 11 is 0. The molecule has 0 bridgehead atoms. The van der Waals surface area contributed by atoms with Gasteiger partial charge in [-0.3, -0.25) is 9.98 Å². The lowest BCUT2D eigenvalue weighted by atomic mass is 10.0. The zero-order valence-corrected chi connectivity index (χ0v) is 36.9. The van der Waals surface area contributed by atoms with E-state index >= 15 is 0 Å². The van der Waals surface area contributed by atoms with Crippen LogP contribution in [0.15, 0.2) is 58.5 Å². The molecular weight excluding hydrogens is 685 g/mol. The minimum absolute atomic E-state index is 0.818. The van der Waals surface area contributed by atoms with Gasteiger partial charge in [-0.05, 0) is 85.3 Å². The van der Waals surface area contributed by atoms with E-state index in [1.807, 2.05) is 12.4 Å². The van der Waals surface area contributed by atoms with E-state index in [1.165, 1.54) is 180 Å². The van der Waals surface area contributed by atoms with E-state index in [0.717, 1.165) is 74.6 Å². The predicted molar refractivity (Wildman–Crippen MR) is 248 cm³/mol. The van der Waals surface area contributed by atoms with Crippen LogP contribution in [0.1, 0.15) is 230 Å². The maximum Gasteiger partial charge on any atom is 0.119 e. The highest BCUT2D eigenvalue weighted by Gasteiger charge is 1.99. The molecule has 0 spiro atoms. The average Bonchev–Trinajstić information content (AvgIpc) is 3.22. The number of hydrogen-bond donors (Lipinski definition) is 0. The Hall–Kier alpha value is -2.62. The smallest absolute Gasteiger partial charge is 0.119 e. The second-order valence-corrected chi connectivity index (χ2v) is 16.5. The van der Waals surface area contributed by atoms with Crippen LogP contribution in [-0.2, 0) is 0 Å². The molecule has 56 heavy (non-hydrogen) atoms. The van der Waals surface area contributed by atoms with Crippen molar-refractivity contribution in [2.24, 2.45) is 9.98 Å². The molecule has 0 saturated heterocycles. The van der Waals surface area contributed by atoms with Crippen LogP contribution >= 0.6 is 0 Å². The minimum atomic E-state index is 0.818. The van der Waals surface area contributed by atoms with Gasteiger partial charge in [-0.15, -0.1) is 0 Å². The summed E-state index contributed by atoms with van der Waals surface area (Å²) in [4.78, 5) is 9.30. The summed E-state index contributed by atoms with van der Waals surface area (Å²) in [6, 6.07) is 16.8. The van der Waals surface area contributed by atoms with E-state index in [9.17, 15) is 0 Å². The maximum atomic E-state index is 5.98. The van der Waals surface area contributed by atoms with E-state index in [1.54, 1.807) is 0 Å². The van der Waals surface area contributed by atoms with Crippen LogP contribution < -0.4 is 9.47 Å². The predicted octanol–water partition coefficient (Wildman–Crippen LogP) is 16.5. The first kappa shape index (κ1) is 49.5. The molecule has 0 saturated carbocycles. The van der Waals surface area contributed by atoms with Crippen molar-refractivity contribution in [2.75, 3.05) is 26.3 Å². The normalized spacial score (nSPS) is 11.7. The molecule has 0 amide bonds. The number of nitrogens with zero attached hydrogens (tertiary/aromatic N) is 2. The topological polar surface area (TPSA) is 43.2 Å². The Bertz CT molecular complexity index is 1050. The van der Waals surface area contributed by atoms with Crippen LogP contribution in [0.4, 0.5) is 0 Å². The Balaban J connectivity index is 1.35. The fourth-order valence-corrected chi connectivity index (χ4v) is 7.37. The first-order valence-corrected chi connectivity index (χ1v) is 24.3. The van der Waals surface area contributed by atoms with Crippen molar-refractivity contribution in [1.82, 2.24) is 0 Å². The summed E-state index contributed by atoms with van der Waals surface area (Å²) in [5, 5.41) is 0. The van der Waals surface area contributed by atoms with Crippen LogP contribution in [0.5, 0.6) is 11.5 Å². The fourth-order valence-electron chi connectivity index (χ4n) is 7.37. The van der Waals surface area contributed by atoms with Gasteiger partial charge in [0.2, 0.25) is 0 Å². The van der Waals surface area contributed by atoms with Crippen LogP contribution in [0, 0.1) is 0 Å². The van der Waals surface area contributed by atoms with Gasteiger partial charge in [0, 0.05) is 25.5 Å². The van der Waals surface area contributed by atoms with E-state index < -0.39 is 0 Å². The molecule has 318 valence electrons. The lowest BCUT2D eigenvalue weighted by Crippen LogP contribution is -1.97. The van der Waals surface area contributed by atoms with E-state index in [4.69, 9.17) is 9.47 Å². The number of rotatable bonds is 41. The number of aliphatic imine (C=N–C) groups is 2. The van der Waals surface area contributed by atoms with E-state index in [0.29, 0.717) is 0 Å². The third-order valence-corrected chi connectivity index (χ3v) is 11.1. The molecule has 0 fully saturated rings. The second kappa shape index (κ2) is 39.2. The molecule has 0 aromatic heterocycles. The van der Waals surface area contributed by atoms with E-state index in [2.05, 4.69) is 72.4 Å². The number of benzene rings is 2. The fraction of sp³-hybridized carbons (Fsp3) is 0.731. The van der Waals surface area contributed by atoms with Gasteiger partial charge in [0.05, 0.1) is 13.2 Å². The molecule has 4 heteroatoms. The van der Waals surface area contributed by atoms with Gasteiger partial charge in [0.25, 0.3) is 0 Å². The minimum Gasteiger partial charge on any atom is -0.494 e. The zero-order chi connectivity index (χ0) is 39.7. The molecule has 0 aliphatic rings. The van der Waals surface area contributed by atoms with Gasteiger partial charge >= 0.3 is 0 Å². The number of hydrogen-bond acceptors (Lipinski definition) is 4. The molecule has 2 rings (SSSR count). The highest BCUT2D eigenvalue weighted by Crippen LogP contribution is 2.17. The Kier molecular flexibility index (Phi) is 34.7. The second-order valence-electron chi connectivity index (χ2n) is 16.5. The SMILES string of the molecule is CCCCCCCCCCCCCCCCOc1ccc(C=NCCCCCCN=Cc2ccc(OCCCCCCCCCCCCCCCC)cc2)cc1. The molecule has 0 radical (unpaired) electrons. The monoisotopic (exact) mass is 773 g/mol. The summed E-state index contributed by atoms with van der Waals surface area (Å²) in [7, 11) is 0. The standard InChI is InChI=1S/C52H88N2O2/c1-3-5-7-9-11-13-15-17-19-21-23-25-29-33-45-55-51-39-35-49(36-40-51)47-53-43-31-27-28-32-44-54-48-50-37-41-52(42-38-50)56-46-34-30-26-24-22-20-18-16-14-12-10-8-6-4-2/h35-42,47-48H,3-34,43-46H2,1-2H3. The lowest BCUT2D eigenvalue weighted by molar-refractivity contribution is 0.304. The summed E-state index contributed by atoms with van der Waals surface area (Å²) in [6.45, 7) is 7.99. The van der Waals surface area contributed by atoms with Gasteiger partial charge in [0.1, 0.15) is 11.5 Å². The van der Waals surface area contributed by atoms with Crippen LogP contribution in [-0.4, -0.2) is 38.7 Å². The van der Waals surface area contributed by atoms with Gasteiger partial charge < -0.3 is 9.47 Å². The molecule has 0 heterocycles. The number of ether oxygens (including phenoxy) is 2. The Morgan fingerprint density at radius 3 is 0.857 bits per heavy atom. The van der Waals surface area contributed by atoms with E-state index in [-0.39, 0.29) is 0 Å². The summed E-state index contributed by atoms with van der Waals surface area (Å²) < 4.78 is 12.0. The third kappa shape index (κ3) is 31.5. The van der Waals surface area contributed by atoms with Crippen LogP contribution in [0.2, 0.25) is 0 Å². The van der Waals surface area contributed by atoms with Crippen LogP contribution in [0.25, 0.3) is 0 Å². The first-order chi connectivity index (χ1) is 27.8. The summed E-state index contributed by atoms with van der Waals surface area (Å²) in [5.74, 6) is 1.94. The summed E-state index contributed by atoms with van der Waals surface area (Å²) in [5.41, 5.74) is 2.29. The maximum absolute atomic E-state index is 5.98. The molecule has 4 nitrogen and oxygen atoms in total. The molecule has 0 atom stereocenters. The van der Waals surface area contributed by atoms with Crippen molar-refractivity contribution in [2.45, 2.75) is 219 Å². The summed E-state index contributed by atoms with van der Waals surface area (Å²) in [6.07, 6.45) is 47.4. The molecule has 0 aliphatic carbocycles. The third-order valence-electron chi connectivity index (χ3n) is 11.1. The van der Waals surface area contributed by atoms with Crippen LogP contribution in [0.3, 0.4) is 0 Å². The van der Waals surface area contributed by atoms with Gasteiger partial charge in [0.15, 0.2) is 0 Å². The highest BCUT2D eigenvalue weighted by molar-refractivity contribution is 5.80. The molecular formula is C52H88N2O2. The number of unbranched alkanes of at least 4 members (excludes halogenated alkanes) is 29. The first-order valence-electron chi connectivity index (χ1n) is 24.3. The van der Waals surface area contributed by atoms with Gasteiger partial charge in [-0.1, -0.05) is 194 Å². The van der Waals surface area contributed by atoms with Crippen molar-refractivity contribution in [3.63, 3.8) is 0 Å².